The molecule has 1 aliphatic rings. The number of hydrogen-bond donors (Lipinski definition) is 1. The summed E-state index contributed by atoms with van der Waals surface area (Å²) in [6, 6.07) is 7.67. The Balaban J connectivity index is 1.94. The number of halogens is 1. The van der Waals surface area contributed by atoms with Gasteiger partial charge in [0.15, 0.2) is 11.5 Å². The van der Waals surface area contributed by atoms with E-state index in [1.807, 2.05) is 41.8 Å². The molecule has 0 spiro atoms. The minimum atomic E-state index is -0.0968. The third kappa shape index (κ3) is 1.99. The minimum Gasteiger partial charge on any atom is -0.454 e. The number of aromatic nitrogens is 2. The number of benzene rings is 1. The molecule has 0 saturated heterocycles. The molecule has 6 heteroatoms. The molecule has 0 aliphatic carbocycles. The third-order valence-electron chi connectivity index (χ3n) is 3.80. The summed E-state index contributed by atoms with van der Waals surface area (Å²) in [6.45, 7) is 2.15. The fourth-order valence-electron chi connectivity index (χ4n) is 2.64. The van der Waals surface area contributed by atoms with Crippen molar-refractivity contribution in [2.75, 3.05) is 6.79 Å². The summed E-state index contributed by atoms with van der Waals surface area (Å²) in [6.07, 6.45) is 1.93. The van der Waals surface area contributed by atoms with Crippen molar-refractivity contribution in [2.45, 2.75) is 13.5 Å². The van der Waals surface area contributed by atoms with Crippen LogP contribution < -0.4 is 9.47 Å². The van der Waals surface area contributed by atoms with Gasteiger partial charge in [-0.05, 0) is 52.7 Å². The number of pyridine rings is 1. The summed E-state index contributed by atoms with van der Waals surface area (Å²) in [5, 5.41) is 9.79. The third-order valence-corrected chi connectivity index (χ3v) is 4.63. The quantitative estimate of drug-likeness (QED) is 0.761. The van der Waals surface area contributed by atoms with Gasteiger partial charge in [-0.2, -0.15) is 0 Å². The summed E-state index contributed by atoms with van der Waals surface area (Å²) in [5.41, 5.74) is 4.29. The van der Waals surface area contributed by atoms with Crippen LogP contribution in [0, 0.1) is 6.92 Å². The van der Waals surface area contributed by atoms with Crippen LogP contribution in [0.2, 0.25) is 0 Å². The zero-order valence-electron chi connectivity index (χ0n) is 11.8. The van der Waals surface area contributed by atoms with Crippen LogP contribution in [0.5, 0.6) is 11.5 Å². The van der Waals surface area contributed by atoms with Gasteiger partial charge in [-0.3, -0.25) is 4.40 Å². The predicted octanol–water partition coefficient (Wildman–Crippen LogP) is 3.29. The summed E-state index contributed by atoms with van der Waals surface area (Å²) in [5.74, 6) is 1.44. The number of imidazole rings is 1. The van der Waals surface area contributed by atoms with Crippen LogP contribution >= 0.6 is 15.9 Å². The lowest BCUT2D eigenvalue weighted by Gasteiger charge is -2.04. The van der Waals surface area contributed by atoms with Crippen molar-refractivity contribution in [3.63, 3.8) is 0 Å². The number of aryl methyl sites for hydroxylation is 1. The van der Waals surface area contributed by atoms with Gasteiger partial charge in [-0.25, -0.2) is 4.98 Å². The lowest BCUT2D eigenvalue weighted by atomic mass is 10.1. The maximum Gasteiger partial charge on any atom is 0.231 e. The van der Waals surface area contributed by atoms with Gasteiger partial charge in [0.1, 0.15) is 5.65 Å². The van der Waals surface area contributed by atoms with Crippen molar-refractivity contribution in [3.8, 4) is 22.8 Å². The Kier molecular flexibility index (Phi) is 3.09. The van der Waals surface area contributed by atoms with Gasteiger partial charge in [0.2, 0.25) is 6.79 Å². The second kappa shape index (κ2) is 5.00. The fourth-order valence-corrected chi connectivity index (χ4v) is 2.95. The largest absolute Gasteiger partial charge is 0.454 e. The highest BCUT2D eigenvalue weighted by molar-refractivity contribution is 9.10. The number of aliphatic hydroxyl groups excluding tert-OH is 1. The SMILES string of the molecule is Cc1cc2nc(-c3ccc4c(c3)OCO4)c(CO)n2cc1Br. The zero-order chi connectivity index (χ0) is 15.3. The Morgan fingerprint density at radius 3 is 2.91 bits per heavy atom. The average molecular weight is 361 g/mol. The van der Waals surface area contributed by atoms with Crippen LogP contribution in [-0.2, 0) is 6.61 Å². The summed E-state index contributed by atoms with van der Waals surface area (Å²) >= 11 is 3.52. The van der Waals surface area contributed by atoms with Gasteiger partial charge in [0, 0.05) is 16.2 Å². The van der Waals surface area contributed by atoms with Crippen LogP contribution in [-0.4, -0.2) is 21.3 Å². The van der Waals surface area contributed by atoms with Crippen LogP contribution in [0.3, 0.4) is 0 Å². The van der Waals surface area contributed by atoms with Crippen LogP contribution in [0.15, 0.2) is 34.9 Å². The minimum absolute atomic E-state index is 0.0968. The van der Waals surface area contributed by atoms with Gasteiger partial charge in [0.25, 0.3) is 0 Å². The molecule has 0 radical (unpaired) electrons. The van der Waals surface area contributed by atoms with Crippen molar-refractivity contribution in [1.82, 2.24) is 9.38 Å². The first-order chi connectivity index (χ1) is 10.7. The molecule has 2 aromatic heterocycles. The number of aliphatic hydroxyl groups is 1. The molecule has 112 valence electrons. The normalized spacial score (nSPS) is 13.0. The number of ether oxygens (including phenoxy) is 2. The van der Waals surface area contributed by atoms with E-state index in [1.165, 1.54) is 0 Å². The first-order valence-corrected chi connectivity index (χ1v) is 7.64. The lowest BCUT2D eigenvalue weighted by Crippen LogP contribution is -1.95. The Labute approximate surface area is 135 Å². The first-order valence-electron chi connectivity index (χ1n) is 6.85. The highest BCUT2D eigenvalue weighted by Gasteiger charge is 2.18. The van der Waals surface area contributed by atoms with E-state index in [0.717, 1.165) is 38.4 Å². The van der Waals surface area contributed by atoms with Crippen molar-refractivity contribution in [2.24, 2.45) is 0 Å². The molecule has 5 nitrogen and oxygen atoms in total. The van der Waals surface area contributed by atoms with E-state index in [2.05, 4.69) is 20.9 Å². The van der Waals surface area contributed by atoms with Gasteiger partial charge in [-0.1, -0.05) is 0 Å². The molecule has 1 aromatic carbocycles. The molecule has 1 aliphatic heterocycles. The van der Waals surface area contributed by atoms with Crippen LogP contribution in [0.1, 0.15) is 11.3 Å². The Morgan fingerprint density at radius 1 is 1.27 bits per heavy atom. The van der Waals surface area contributed by atoms with E-state index < -0.39 is 0 Å². The molecule has 0 saturated carbocycles. The van der Waals surface area contributed by atoms with Gasteiger partial charge >= 0.3 is 0 Å². The molecule has 1 N–H and O–H groups in total. The highest BCUT2D eigenvalue weighted by atomic mass is 79.9. The molecule has 0 unspecified atom stereocenters. The Bertz CT molecular complexity index is 889. The van der Waals surface area contributed by atoms with E-state index in [1.54, 1.807) is 0 Å². The molecule has 3 aromatic rings. The van der Waals surface area contributed by atoms with E-state index >= 15 is 0 Å². The second-order valence-electron chi connectivity index (χ2n) is 5.17. The standard InChI is InChI=1S/C16H13BrN2O3/c1-9-4-15-18-16(12(7-20)19(15)6-11(9)17)10-2-3-13-14(5-10)22-8-21-13/h2-6,20H,7-8H2,1H3. The molecule has 3 heterocycles. The smallest absolute Gasteiger partial charge is 0.231 e. The zero-order valence-corrected chi connectivity index (χ0v) is 13.4. The molecule has 4 rings (SSSR count). The van der Waals surface area contributed by atoms with Crippen LogP contribution in [0.4, 0.5) is 0 Å². The maximum absolute atomic E-state index is 9.79. The highest BCUT2D eigenvalue weighted by Crippen LogP contribution is 2.37. The topological polar surface area (TPSA) is 56.0 Å². The molecule has 0 atom stereocenters. The summed E-state index contributed by atoms with van der Waals surface area (Å²) in [4.78, 5) is 4.67. The number of rotatable bonds is 2. The van der Waals surface area contributed by atoms with Crippen molar-refractivity contribution < 1.29 is 14.6 Å². The summed E-state index contributed by atoms with van der Waals surface area (Å²) < 4.78 is 13.6. The molecular weight excluding hydrogens is 348 g/mol. The average Bonchev–Trinajstić information content (AvgIpc) is 3.11. The fraction of sp³-hybridized carbons (Fsp3) is 0.188. The number of fused-ring (bicyclic) bond motifs is 2. The predicted molar refractivity (Wildman–Crippen MR) is 85.1 cm³/mol. The maximum atomic E-state index is 9.79. The van der Waals surface area contributed by atoms with Crippen LogP contribution in [0.25, 0.3) is 16.9 Å². The lowest BCUT2D eigenvalue weighted by molar-refractivity contribution is 0.174. The van der Waals surface area contributed by atoms with E-state index in [9.17, 15) is 5.11 Å². The molecule has 0 bridgehead atoms. The van der Waals surface area contributed by atoms with Crippen molar-refractivity contribution >= 4 is 21.6 Å². The van der Waals surface area contributed by atoms with Crippen molar-refractivity contribution in [1.29, 1.82) is 0 Å². The summed E-state index contributed by atoms with van der Waals surface area (Å²) in [7, 11) is 0. The van der Waals surface area contributed by atoms with Gasteiger partial charge < -0.3 is 14.6 Å². The van der Waals surface area contributed by atoms with E-state index in [-0.39, 0.29) is 13.4 Å². The number of nitrogens with zero attached hydrogens (tertiary/aromatic N) is 2. The Morgan fingerprint density at radius 2 is 2.09 bits per heavy atom. The van der Waals surface area contributed by atoms with E-state index in [0.29, 0.717) is 5.75 Å². The first kappa shape index (κ1) is 13.6. The molecular formula is C16H13BrN2O3. The van der Waals surface area contributed by atoms with E-state index in [4.69, 9.17) is 9.47 Å². The molecule has 0 fully saturated rings. The second-order valence-corrected chi connectivity index (χ2v) is 6.02. The molecule has 22 heavy (non-hydrogen) atoms. The molecule has 0 amide bonds. The monoisotopic (exact) mass is 360 g/mol. The Hall–Kier alpha value is -2.05. The van der Waals surface area contributed by atoms with Gasteiger partial charge in [-0.15, -0.1) is 0 Å². The number of hydrogen-bond acceptors (Lipinski definition) is 4. The van der Waals surface area contributed by atoms with Gasteiger partial charge in [0.05, 0.1) is 18.0 Å². The van der Waals surface area contributed by atoms with Crippen molar-refractivity contribution in [3.05, 3.63) is 46.2 Å².